The third-order valence-corrected chi connectivity index (χ3v) is 6.45. The van der Waals surface area contributed by atoms with E-state index in [1.54, 1.807) is 21.6 Å². The minimum Gasteiger partial charge on any atom is -0.324 e. The Balaban J connectivity index is 1.63. The first-order chi connectivity index (χ1) is 16.8. The number of hydrogen-bond donors (Lipinski definition) is 2. The maximum Gasteiger partial charge on any atom is 0.278 e. The molecule has 0 atom stereocenters. The number of pyridine rings is 1. The lowest BCUT2D eigenvalue weighted by Crippen LogP contribution is -2.24. The molecule has 9 heteroatoms. The minimum absolute atomic E-state index is 0.148. The molecule has 4 heterocycles. The van der Waals surface area contributed by atoms with Crippen LogP contribution in [0.1, 0.15) is 37.6 Å². The molecule has 1 aliphatic heterocycles. The summed E-state index contributed by atoms with van der Waals surface area (Å²) in [5, 5.41) is 7.77. The lowest BCUT2D eigenvalue weighted by atomic mass is 9.92. The Morgan fingerprint density at radius 3 is 2.86 bits per heavy atom. The second-order valence-corrected chi connectivity index (χ2v) is 10.1. The van der Waals surface area contributed by atoms with E-state index in [-0.39, 0.29) is 11.0 Å². The summed E-state index contributed by atoms with van der Waals surface area (Å²) in [7, 11) is 0. The molecule has 5 rings (SSSR count). The zero-order valence-corrected chi connectivity index (χ0v) is 20.9. The van der Waals surface area contributed by atoms with Crippen molar-refractivity contribution in [3.05, 3.63) is 81.4 Å². The quantitative estimate of drug-likeness (QED) is 0.401. The van der Waals surface area contributed by atoms with Crippen LogP contribution in [0, 0.1) is 0 Å². The predicted octanol–water partition coefficient (Wildman–Crippen LogP) is 4.50. The number of halogens is 1. The van der Waals surface area contributed by atoms with Crippen LogP contribution in [-0.4, -0.2) is 30.9 Å². The van der Waals surface area contributed by atoms with Gasteiger partial charge in [-0.1, -0.05) is 44.5 Å². The second-order valence-electron chi connectivity index (χ2n) is 9.70. The van der Waals surface area contributed by atoms with Crippen molar-refractivity contribution in [2.75, 3.05) is 11.9 Å². The van der Waals surface area contributed by atoms with Crippen LogP contribution in [0.3, 0.4) is 0 Å². The topological polar surface area (TPSA) is 89.7 Å². The summed E-state index contributed by atoms with van der Waals surface area (Å²) in [6.07, 6.45) is 4.14. The van der Waals surface area contributed by atoms with E-state index in [0.717, 1.165) is 41.5 Å². The number of anilines is 2. The molecular formula is C26H28ClN7O. The second kappa shape index (κ2) is 8.94. The fourth-order valence-electron chi connectivity index (χ4n) is 4.34. The van der Waals surface area contributed by atoms with Crippen LogP contribution in [0.2, 0.25) is 5.02 Å². The van der Waals surface area contributed by atoms with Gasteiger partial charge in [-0.3, -0.25) is 4.79 Å². The SMILES string of the molecule is C=CCn1c(=O)c2cnc(Nc3cc(Cl)c4c(c3)CNCC4)nc2n1-c1cccc(C(C)(C)C)n1. The number of allylic oxidation sites excluding steroid dienone is 1. The van der Waals surface area contributed by atoms with Crippen LogP contribution < -0.4 is 16.2 Å². The highest BCUT2D eigenvalue weighted by Gasteiger charge is 2.21. The van der Waals surface area contributed by atoms with E-state index in [1.165, 1.54) is 5.56 Å². The van der Waals surface area contributed by atoms with Gasteiger partial charge in [-0.05, 0) is 48.4 Å². The smallest absolute Gasteiger partial charge is 0.278 e. The van der Waals surface area contributed by atoms with Crippen LogP contribution in [0.5, 0.6) is 0 Å². The van der Waals surface area contributed by atoms with Crippen LogP contribution in [0.25, 0.3) is 16.9 Å². The first-order valence-electron chi connectivity index (χ1n) is 11.6. The summed E-state index contributed by atoms with van der Waals surface area (Å²) < 4.78 is 3.32. The van der Waals surface area contributed by atoms with Crippen LogP contribution in [0.4, 0.5) is 11.6 Å². The molecule has 0 fully saturated rings. The van der Waals surface area contributed by atoms with Gasteiger partial charge in [-0.15, -0.1) is 6.58 Å². The van der Waals surface area contributed by atoms with Gasteiger partial charge in [0.1, 0.15) is 5.39 Å². The average Bonchev–Trinajstić information content (AvgIpc) is 3.10. The molecule has 0 aliphatic carbocycles. The standard InChI is InChI=1S/C26H28ClN7O/c1-5-11-33-24(35)19-15-29-25(30-17-12-16-14-28-10-9-18(16)20(27)13-17)32-23(19)34(33)22-8-6-7-21(31-22)26(2,3)4/h5-8,12-13,15,28H,1,9-11,14H2,2-4H3,(H,29,30,32). The molecular weight excluding hydrogens is 462 g/mol. The molecule has 2 N–H and O–H groups in total. The molecule has 35 heavy (non-hydrogen) atoms. The molecule has 0 amide bonds. The van der Waals surface area contributed by atoms with Gasteiger partial charge in [0.2, 0.25) is 5.95 Å². The van der Waals surface area contributed by atoms with Crippen molar-refractivity contribution in [2.45, 2.75) is 45.7 Å². The molecule has 3 aromatic heterocycles. The number of rotatable bonds is 5. The molecule has 0 radical (unpaired) electrons. The van der Waals surface area contributed by atoms with Crippen molar-refractivity contribution in [1.29, 1.82) is 0 Å². The number of fused-ring (bicyclic) bond motifs is 2. The average molecular weight is 490 g/mol. The largest absolute Gasteiger partial charge is 0.324 e. The summed E-state index contributed by atoms with van der Waals surface area (Å²) in [4.78, 5) is 27.2. The highest BCUT2D eigenvalue weighted by molar-refractivity contribution is 6.31. The number of aromatic nitrogens is 5. The molecule has 1 aliphatic rings. The summed E-state index contributed by atoms with van der Waals surface area (Å²) in [6, 6.07) is 9.76. The highest BCUT2D eigenvalue weighted by atomic mass is 35.5. The lowest BCUT2D eigenvalue weighted by Gasteiger charge is -2.20. The third kappa shape index (κ3) is 4.35. The Bertz CT molecular complexity index is 1500. The molecule has 0 bridgehead atoms. The normalized spacial score (nSPS) is 13.6. The molecule has 1 aromatic carbocycles. The van der Waals surface area contributed by atoms with E-state index in [9.17, 15) is 4.79 Å². The van der Waals surface area contributed by atoms with E-state index in [2.05, 4.69) is 49.0 Å². The minimum atomic E-state index is -0.197. The molecule has 4 aromatic rings. The number of nitrogens with one attached hydrogen (secondary N) is 2. The van der Waals surface area contributed by atoms with Gasteiger partial charge >= 0.3 is 0 Å². The van der Waals surface area contributed by atoms with E-state index < -0.39 is 0 Å². The zero-order valence-electron chi connectivity index (χ0n) is 20.1. The van der Waals surface area contributed by atoms with Gasteiger partial charge in [-0.25, -0.2) is 19.3 Å². The van der Waals surface area contributed by atoms with E-state index in [0.29, 0.717) is 29.3 Å². The fraction of sp³-hybridized carbons (Fsp3) is 0.308. The van der Waals surface area contributed by atoms with E-state index in [4.69, 9.17) is 21.6 Å². The first-order valence-corrected chi connectivity index (χ1v) is 12.0. The maximum absolute atomic E-state index is 13.2. The molecule has 0 saturated carbocycles. The maximum atomic E-state index is 13.2. The van der Waals surface area contributed by atoms with Gasteiger partial charge in [0.05, 0.1) is 6.54 Å². The van der Waals surface area contributed by atoms with Crippen LogP contribution in [-0.2, 0) is 24.9 Å². The molecule has 180 valence electrons. The van der Waals surface area contributed by atoms with Crippen molar-refractivity contribution < 1.29 is 0 Å². The van der Waals surface area contributed by atoms with Gasteiger partial charge in [0, 0.05) is 34.6 Å². The molecule has 0 unspecified atom stereocenters. The Morgan fingerprint density at radius 1 is 1.26 bits per heavy atom. The number of nitrogens with zero attached hydrogens (tertiary/aromatic N) is 5. The fourth-order valence-corrected chi connectivity index (χ4v) is 4.67. The third-order valence-electron chi connectivity index (χ3n) is 6.11. The zero-order chi connectivity index (χ0) is 24.7. The van der Waals surface area contributed by atoms with Crippen LogP contribution >= 0.6 is 11.6 Å². The molecule has 0 saturated heterocycles. The number of benzene rings is 1. The van der Waals surface area contributed by atoms with E-state index in [1.807, 2.05) is 24.3 Å². The summed E-state index contributed by atoms with van der Waals surface area (Å²) in [6.45, 7) is 12.1. The highest BCUT2D eigenvalue weighted by Crippen LogP contribution is 2.29. The summed E-state index contributed by atoms with van der Waals surface area (Å²) >= 11 is 6.55. The number of hydrogen-bond acceptors (Lipinski definition) is 6. The Labute approximate surface area is 208 Å². The summed E-state index contributed by atoms with van der Waals surface area (Å²) in [5.41, 5.74) is 4.17. The monoisotopic (exact) mass is 489 g/mol. The van der Waals surface area contributed by atoms with Crippen molar-refractivity contribution in [1.82, 2.24) is 29.6 Å². The van der Waals surface area contributed by atoms with Gasteiger partial charge in [0.25, 0.3) is 5.56 Å². The van der Waals surface area contributed by atoms with Gasteiger partial charge in [-0.2, -0.15) is 4.98 Å². The molecule has 0 spiro atoms. The Hall–Kier alpha value is -3.49. The van der Waals surface area contributed by atoms with Crippen molar-refractivity contribution in [2.24, 2.45) is 0 Å². The summed E-state index contributed by atoms with van der Waals surface area (Å²) in [5.74, 6) is 0.979. The first kappa shape index (κ1) is 23.3. The molecule has 8 nitrogen and oxygen atoms in total. The lowest BCUT2D eigenvalue weighted by molar-refractivity contribution is 0.554. The van der Waals surface area contributed by atoms with Crippen molar-refractivity contribution in [3.63, 3.8) is 0 Å². The van der Waals surface area contributed by atoms with Gasteiger partial charge in [0.15, 0.2) is 11.5 Å². The van der Waals surface area contributed by atoms with Crippen molar-refractivity contribution >= 4 is 34.3 Å². The van der Waals surface area contributed by atoms with E-state index >= 15 is 0 Å². The van der Waals surface area contributed by atoms with Crippen LogP contribution in [0.15, 0.2) is 54.0 Å². The Morgan fingerprint density at radius 2 is 2.09 bits per heavy atom. The van der Waals surface area contributed by atoms with Crippen molar-refractivity contribution in [3.8, 4) is 5.82 Å². The van der Waals surface area contributed by atoms with Gasteiger partial charge < -0.3 is 10.6 Å². The Kier molecular flexibility index (Phi) is 5.94. The predicted molar refractivity (Wildman–Crippen MR) is 140 cm³/mol.